The van der Waals surface area contributed by atoms with Gasteiger partial charge in [0.2, 0.25) is 6.79 Å². The molecule has 192 valence electrons. The van der Waals surface area contributed by atoms with Gasteiger partial charge in [0.15, 0.2) is 17.3 Å². The van der Waals surface area contributed by atoms with Crippen LogP contribution in [0.25, 0.3) is 0 Å². The van der Waals surface area contributed by atoms with Crippen LogP contribution in [-0.4, -0.2) is 46.0 Å². The Balaban J connectivity index is 1.73. The van der Waals surface area contributed by atoms with E-state index >= 15 is 0 Å². The second-order valence-corrected chi connectivity index (χ2v) is 8.95. The van der Waals surface area contributed by atoms with Crippen LogP contribution in [0.2, 0.25) is 0 Å². The number of rotatable bonds is 6. The van der Waals surface area contributed by atoms with E-state index in [0.717, 1.165) is 0 Å². The van der Waals surface area contributed by atoms with Crippen molar-refractivity contribution in [1.82, 2.24) is 4.98 Å². The molecule has 2 atom stereocenters. The predicted molar refractivity (Wildman–Crippen MR) is 128 cm³/mol. The fourth-order valence-electron chi connectivity index (χ4n) is 4.83. The van der Waals surface area contributed by atoms with Crippen LogP contribution in [0.1, 0.15) is 69.2 Å². The van der Waals surface area contributed by atoms with Gasteiger partial charge in [-0.2, -0.15) is 0 Å². The molecule has 2 aliphatic heterocycles. The van der Waals surface area contributed by atoms with E-state index in [-0.39, 0.29) is 48.0 Å². The number of methoxy groups -OCH3 is 1. The Kier molecular flexibility index (Phi) is 6.12. The quantitative estimate of drug-likeness (QED) is 0.333. The first kappa shape index (κ1) is 24.4. The minimum atomic E-state index is -0.940. The number of aromatic nitrogens is 1. The van der Waals surface area contributed by atoms with Crippen molar-refractivity contribution in [2.75, 3.05) is 13.9 Å². The second-order valence-electron chi connectivity index (χ2n) is 8.95. The molecule has 2 aromatic carbocycles. The third-order valence-corrected chi connectivity index (χ3v) is 6.77. The third kappa shape index (κ3) is 4.09. The van der Waals surface area contributed by atoms with E-state index in [2.05, 4.69) is 4.98 Å². The summed E-state index contributed by atoms with van der Waals surface area (Å²) in [5, 5.41) is 33.5. The molecule has 10 heteroatoms. The van der Waals surface area contributed by atoms with Crippen LogP contribution in [0.15, 0.2) is 30.5 Å². The van der Waals surface area contributed by atoms with Crippen molar-refractivity contribution >= 4 is 11.8 Å². The summed E-state index contributed by atoms with van der Waals surface area (Å²) in [7, 11) is 1.23. The number of aromatic hydroxyl groups is 3. The van der Waals surface area contributed by atoms with Gasteiger partial charge in [0.05, 0.1) is 31.4 Å². The number of phenols is 2. The molecule has 0 radical (unpaired) electrons. The third-order valence-electron chi connectivity index (χ3n) is 6.77. The predicted octanol–water partition coefficient (Wildman–Crippen LogP) is 3.75. The minimum Gasteiger partial charge on any atom is -0.507 e. The van der Waals surface area contributed by atoms with E-state index in [1.807, 2.05) is 0 Å². The van der Waals surface area contributed by atoms with Crippen molar-refractivity contribution in [1.29, 1.82) is 0 Å². The number of hydrogen-bond donors (Lipinski definition) is 3. The molecule has 10 nitrogen and oxygen atoms in total. The number of phenolic OH excluding ortho intramolecular Hbond substituents is 2. The van der Waals surface area contributed by atoms with Gasteiger partial charge in [-0.15, -0.1) is 0 Å². The summed E-state index contributed by atoms with van der Waals surface area (Å²) in [5.41, 5.74) is 1.99. The van der Waals surface area contributed by atoms with Crippen molar-refractivity contribution in [3.05, 3.63) is 69.5 Å². The zero-order chi connectivity index (χ0) is 26.4. The molecule has 2 aliphatic rings. The maximum Gasteiger partial charge on any atom is 0.306 e. The summed E-state index contributed by atoms with van der Waals surface area (Å²) in [6.45, 7) is 3.08. The highest BCUT2D eigenvalue weighted by molar-refractivity contribution is 5.98. The second kappa shape index (κ2) is 9.29. The molecule has 3 aromatic rings. The summed E-state index contributed by atoms with van der Waals surface area (Å²) >= 11 is 0. The van der Waals surface area contributed by atoms with Crippen LogP contribution in [0.4, 0.5) is 0 Å². The number of ether oxygens (including phenoxy) is 4. The largest absolute Gasteiger partial charge is 0.507 e. The molecule has 0 saturated carbocycles. The number of nitrogens with zero attached hydrogens (tertiary/aromatic N) is 1. The van der Waals surface area contributed by atoms with Crippen LogP contribution in [0, 0.1) is 6.92 Å². The van der Waals surface area contributed by atoms with E-state index in [1.54, 1.807) is 31.3 Å². The number of carbonyl (C=O) groups is 2. The SMILES string of the molecule is COC(=O)C[C@@H](c1ccc2c(c1)OCO2)c1c(O)c(C(C)=O)cc([C@@H]2OCc3cnc(C)c(O)c32)c1O. The maximum atomic E-state index is 12.6. The van der Waals surface area contributed by atoms with Gasteiger partial charge < -0.3 is 34.3 Å². The Bertz CT molecular complexity index is 1430. The maximum absolute atomic E-state index is 12.6. The molecule has 3 heterocycles. The Labute approximate surface area is 212 Å². The van der Waals surface area contributed by atoms with Crippen LogP contribution in [-0.2, 0) is 20.9 Å². The van der Waals surface area contributed by atoms with Crippen molar-refractivity contribution in [3.63, 3.8) is 0 Å². The Morgan fingerprint density at radius 2 is 1.86 bits per heavy atom. The fraction of sp³-hybridized carbons (Fsp3) is 0.296. The Morgan fingerprint density at radius 3 is 2.59 bits per heavy atom. The van der Waals surface area contributed by atoms with Gasteiger partial charge in [-0.3, -0.25) is 14.6 Å². The van der Waals surface area contributed by atoms with E-state index < -0.39 is 29.5 Å². The van der Waals surface area contributed by atoms with Gasteiger partial charge in [0.25, 0.3) is 0 Å². The molecule has 1 aromatic heterocycles. The number of fused-ring (bicyclic) bond motifs is 2. The average Bonchev–Trinajstić information content (AvgIpc) is 3.52. The van der Waals surface area contributed by atoms with Crippen molar-refractivity contribution in [3.8, 4) is 28.7 Å². The van der Waals surface area contributed by atoms with E-state index in [9.17, 15) is 24.9 Å². The molecular weight excluding hydrogens is 482 g/mol. The fourth-order valence-corrected chi connectivity index (χ4v) is 4.83. The van der Waals surface area contributed by atoms with Gasteiger partial charge in [-0.1, -0.05) is 6.07 Å². The van der Waals surface area contributed by atoms with E-state index in [1.165, 1.54) is 20.1 Å². The Morgan fingerprint density at radius 1 is 1.11 bits per heavy atom. The number of aryl methyl sites for hydroxylation is 1. The standard InChI is InChI=1S/C27H25NO9/c1-12-24(31)22-15(9-28-12)10-35-27(22)18-7-16(13(2)29)25(32)23(26(18)33)17(8-21(30)34-3)14-4-5-19-20(6-14)37-11-36-19/h4-7,9,17,27,31-33H,8,10-11H2,1-3H3/t17-,27-/m0/s1. The lowest BCUT2D eigenvalue weighted by Gasteiger charge is -2.24. The lowest BCUT2D eigenvalue weighted by atomic mass is 9.83. The average molecular weight is 507 g/mol. The lowest BCUT2D eigenvalue weighted by Crippen LogP contribution is -2.13. The van der Waals surface area contributed by atoms with Crippen molar-refractivity contribution in [2.24, 2.45) is 0 Å². The molecule has 0 fully saturated rings. The molecule has 0 spiro atoms. The highest BCUT2D eigenvalue weighted by atomic mass is 16.7. The number of carbonyl (C=O) groups excluding carboxylic acids is 2. The minimum absolute atomic E-state index is 0.0388. The number of pyridine rings is 1. The smallest absolute Gasteiger partial charge is 0.306 e. The summed E-state index contributed by atoms with van der Waals surface area (Å²) in [6.07, 6.45) is 0.389. The van der Waals surface area contributed by atoms with Crippen LogP contribution >= 0.6 is 0 Å². The zero-order valence-corrected chi connectivity index (χ0v) is 20.4. The van der Waals surface area contributed by atoms with Gasteiger partial charge >= 0.3 is 5.97 Å². The first-order chi connectivity index (χ1) is 17.7. The zero-order valence-electron chi connectivity index (χ0n) is 20.4. The van der Waals surface area contributed by atoms with Gasteiger partial charge in [0.1, 0.15) is 23.4 Å². The molecular formula is C27H25NO9. The van der Waals surface area contributed by atoms with Crippen molar-refractivity contribution < 1.29 is 43.9 Å². The summed E-state index contributed by atoms with van der Waals surface area (Å²) in [4.78, 5) is 29.2. The van der Waals surface area contributed by atoms with E-state index in [4.69, 9.17) is 18.9 Å². The first-order valence-electron chi connectivity index (χ1n) is 11.6. The molecule has 5 rings (SSSR count). The first-order valence-corrected chi connectivity index (χ1v) is 11.6. The normalized spacial score (nSPS) is 16.4. The number of Topliss-reactive ketones (excluding diaryl/α,β-unsaturated/α-hetero) is 1. The molecule has 0 amide bonds. The number of ketones is 1. The van der Waals surface area contributed by atoms with E-state index in [0.29, 0.717) is 33.9 Å². The van der Waals surface area contributed by atoms with Gasteiger partial charge in [0, 0.05) is 34.4 Å². The molecule has 37 heavy (non-hydrogen) atoms. The lowest BCUT2D eigenvalue weighted by molar-refractivity contribution is -0.140. The molecule has 0 unspecified atom stereocenters. The van der Waals surface area contributed by atoms with Crippen LogP contribution in [0.3, 0.4) is 0 Å². The molecule has 0 bridgehead atoms. The highest BCUT2D eigenvalue weighted by Gasteiger charge is 2.36. The van der Waals surface area contributed by atoms with Gasteiger partial charge in [-0.05, 0) is 37.6 Å². The molecule has 0 saturated heterocycles. The Hall–Kier alpha value is -4.31. The number of benzene rings is 2. The number of esters is 1. The summed E-state index contributed by atoms with van der Waals surface area (Å²) in [6, 6.07) is 6.34. The molecule has 3 N–H and O–H groups in total. The van der Waals surface area contributed by atoms with Gasteiger partial charge in [-0.25, -0.2) is 0 Å². The topological polar surface area (TPSA) is 145 Å². The highest BCUT2D eigenvalue weighted by Crippen LogP contribution is 2.51. The van der Waals surface area contributed by atoms with Crippen LogP contribution < -0.4 is 9.47 Å². The van der Waals surface area contributed by atoms with Crippen molar-refractivity contribution in [2.45, 2.75) is 38.9 Å². The molecule has 0 aliphatic carbocycles. The van der Waals surface area contributed by atoms with Crippen LogP contribution in [0.5, 0.6) is 28.7 Å². The summed E-state index contributed by atoms with van der Waals surface area (Å²) < 4.78 is 21.7. The number of hydrogen-bond acceptors (Lipinski definition) is 10. The summed E-state index contributed by atoms with van der Waals surface area (Å²) in [5.74, 6) is -1.95. The monoisotopic (exact) mass is 507 g/mol.